The first-order valence-electron chi connectivity index (χ1n) is 8.14. The van der Waals surface area contributed by atoms with E-state index in [1.54, 1.807) is 19.1 Å². The van der Waals surface area contributed by atoms with Crippen molar-refractivity contribution in [2.24, 2.45) is 5.10 Å². The van der Waals surface area contributed by atoms with Crippen LogP contribution in [0.15, 0.2) is 34.0 Å². The van der Waals surface area contributed by atoms with Gasteiger partial charge in [0, 0.05) is 0 Å². The highest BCUT2D eigenvalue weighted by Crippen LogP contribution is 2.17. The number of benzene rings is 1. The molecule has 0 aliphatic rings. The van der Waals surface area contributed by atoms with Crippen LogP contribution in [-0.4, -0.2) is 36.9 Å². The molecule has 1 amide bonds. The second kappa shape index (κ2) is 7.72. The molecular weight excluding hydrogens is 355 g/mol. The van der Waals surface area contributed by atoms with E-state index >= 15 is 0 Å². The first-order valence-corrected chi connectivity index (χ1v) is 8.14. The minimum Gasteiger partial charge on any atom is -0.378 e. The van der Waals surface area contributed by atoms with E-state index in [-0.39, 0.29) is 23.1 Å². The molecule has 0 aliphatic heterocycles. The van der Waals surface area contributed by atoms with E-state index < -0.39 is 5.91 Å². The summed E-state index contributed by atoms with van der Waals surface area (Å²) in [7, 11) is 0. The molecule has 0 aliphatic carbocycles. The number of carbonyl (C=O) groups is 1. The number of hydrogen-bond acceptors (Lipinski definition) is 8. The Bertz CT molecular complexity index is 977. The van der Waals surface area contributed by atoms with Crippen LogP contribution in [0.4, 0.5) is 10.2 Å². The number of nitrogens with one attached hydrogen (secondary N) is 1. The molecule has 0 bridgehead atoms. The smallest absolute Gasteiger partial charge is 0.293 e. The molecule has 140 valence electrons. The summed E-state index contributed by atoms with van der Waals surface area (Å²) in [6.45, 7) is 3.64. The summed E-state index contributed by atoms with van der Waals surface area (Å²) in [4.78, 5) is 12.5. The maximum Gasteiger partial charge on any atom is 0.293 e. The fourth-order valence-electron chi connectivity index (χ4n) is 2.39. The lowest BCUT2D eigenvalue weighted by molar-refractivity contribution is 0.0948. The summed E-state index contributed by atoms with van der Waals surface area (Å²) >= 11 is 0. The molecule has 11 heteroatoms. The van der Waals surface area contributed by atoms with Gasteiger partial charge < -0.3 is 5.73 Å². The van der Waals surface area contributed by atoms with Crippen molar-refractivity contribution in [3.05, 3.63) is 47.0 Å². The highest BCUT2D eigenvalue weighted by molar-refractivity contribution is 6.00. The molecule has 0 fully saturated rings. The minimum absolute atomic E-state index is 0.0365. The van der Waals surface area contributed by atoms with E-state index in [0.29, 0.717) is 23.4 Å². The van der Waals surface area contributed by atoms with Crippen molar-refractivity contribution in [1.82, 2.24) is 30.7 Å². The largest absolute Gasteiger partial charge is 0.378 e. The number of halogens is 1. The van der Waals surface area contributed by atoms with E-state index in [1.165, 1.54) is 16.8 Å². The lowest BCUT2D eigenvalue weighted by Crippen LogP contribution is -2.21. The molecule has 10 nitrogen and oxygen atoms in total. The average molecular weight is 372 g/mol. The van der Waals surface area contributed by atoms with Crippen molar-refractivity contribution in [3.8, 4) is 5.82 Å². The molecule has 0 radical (unpaired) electrons. The third-order valence-corrected chi connectivity index (χ3v) is 3.75. The zero-order valence-electron chi connectivity index (χ0n) is 14.7. The molecule has 0 saturated carbocycles. The van der Waals surface area contributed by atoms with Crippen molar-refractivity contribution in [2.45, 2.75) is 26.7 Å². The van der Waals surface area contributed by atoms with Crippen LogP contribution >= 0.6 is 0 Å². The van der Waals surface area contributed by atoms with Gasteiger partial charge >= 0.3 is 0 Å². The second-order valence-corrected chi connectivity index (χ2v) is 5.66. The predicted octanol–water partition coefficient (Wildman–Crippen LogP) is 1.48. The summed E-state index contributed by atoms with van der Waals surface area (Å²) in [6, 6.07) is 5.77. The van der Waals surface area contributed by atoms with Gasteiger partial charge in [-0.2, -0.15) is 9.78 Å². The lowest BCUT2D eigenvalue weighted by Gasteiger charge is -2.04. The highest BCUT2D eigenvalue weighted by atomic mass is 19.1. The molecule has 2 heterocycles. The maximum absolute atomic E-state index is 13.0. The maximum atomic E-state index is 13.0. The van der Waals surface area contributed by atoms with E-state index in [0.717, 1.165) is 6.42 Å². The minimum atomic E-state index is -0.541. The number of hydrazone groups is 1. The Morgan fingerprint density at radius 2 is 2.07 bits per heavy atom. The summed E-state index contributed by atoms with van der Waals surface area (Å²) in [6.07, 6.45) is 1.24. The molecule has 2 aromatic heterocycles. The number of hydrogen-bond donors (Lipinski definition) is 2. The number of anilines is 1. The van der Waals surface area contributed by atoms with E-state index in [4.69, 9.17) is 5.73 Å². The number of amides is 1. The third kappa shape index (κ3) is 3.81. The van der Waals surface area contributed by atoms with Gasteiger partial charge in [-0.05, 0) is 41.4 Å². The standard InChI is InChI=1S/C16H17FN8O2/c1-3-4-12-13(20-24-25(12)15-14(18)22-27-23-15)16(26)21-19-9(2)10-5-7-11(17)8-6-10/h5-8H,3-4H2,1-2H3,(H2,18,22)(H,21,26)/b19-9-. The molecule has 3 rings (SSSR count). The van der Waals surface area contributed by atoms with Gasteiger partial charge in [-0.25, -0.2) is 14.4 Å². The fourth-order valence-corrected chi connectivity index (χ4v) is 2.39. The van der Waals surface area contributed by atoms with Crippen LogP contribution in [0, 0.1) is 5.82 Å². The molecular formula is C16H17FN8O2. The van der Waals surface area contributed by atoms with Crippen LogP contribution in [0.25, 0.3) is 5.82 Å². The fraction of sp³-hybridized carbons (Fsp3) is 0.250. The summed E-state index contributed by atoms with van der Waals surface area (Å²) in [5, 5.41) is 19.1. The Labute approximate surface area is 153 Å². The molecule has 27 heavy (non-hydrogen) atoms. The molecule has 0 atom stereocenters. The summed E-state index contributed by atoms with van der Waals surface area (Å²) in [5.41, 5.74) is 9.91. The van der Waals surface area contributed by atoms with Crippen molar-refractivity contribution in [2.75, 3.05) is 5.73 Å². The van der Waals surface area contributed by atoms with Crippen molar-refractivity contribution < 1.29 is 13.8 Å². The number of nitrogens with two attached hydrogens (primary N) is 1. The molecule has 1 aromatic carbocycles. The van der Waals surface area contributed by atoms with Gasteiger partial charge in [0.2, 0.25) is 11.6 Å². The molecule has 0 unspecified atom stereocenters. The SMILES string of the molecule is CCCc1c(C(=O)N/N=C(/C)c2ccc(F)cc2)nnn1-c1nonc1N. The lowest BCUT2D eigenvalue weighted by atomic mass is 10.1. The molecule has 0 spiro atoms. The number of nitrogen functional groups attached to an aromatic ring is 1. The van der Waals surface area contributed by atoms with Gasteiger partial charge in [0.25, 0.3) is 5.91 Å². The van der Waals surface area contributed by atoms with Crippen LogP contribution in [0.2, 0.25) is 0 Å². The van der Waals surface area contributed by atoms with Gasteiger partial charge in [0.05, 0.1) is 11.4 Å². The summed E-state index contributed by atoms with van der Waals surface area (Å²) in [5.74, 6) is -0.690. The Kier molecular flexibility index (Phi) is 5.20. The summed E-state index contributed by atoms with van der Waals surface area (Å²) < 4.78 is 18.9. The number of rotatable bonds is 6. The number of carbonyl (C=O) groups excluding carboxylic acids is 1. The van der Waals surface area contributed by atoms with Crippen molar-refractivity contribution in [3.63, 3.8) is 0 Å². The Morgan fingerprint density at radius 3 is 2.70 bits per heavy atom. The first kappa shape index (κ1) is 18.2. The Morgan fingerprint density at radius 1 is 1.33 bits per heavy atom. The van der Waals surface area contributed by atoms with Crippen LogP contribution in [0.5, 0.6) is 0 Å². The molecule has 3 N–H and O–H groups in total. The topological polar surface area (TPSA) is 137 Å². The Balaban J connectivity index is 1.84. The second-order valence-electron chi connectivity index (χ2n) is 5.66. The zero-order valence-corrected chi connectivity index (χ0v) is 14.7. The van der Waals surface area contributed by atoms with E-state index in [9.17, 15) is 9.18 Å². The van der Waals surface area contributed by atoms with E-state index in [2.05, 4.69) is 35.8 Å². The van der Waals surface area contributed by atoms with Gasteiger partial charge in [-0.15, -0.1) is 5.10 Å². The number of aromatic nitrogens is 5. The van der Waals surface area contributed by atoms with Crippen molar-refractivity contribution >= 4 is 17.4 Å². The van der Waals surface area contributed by atoms with Gasteiger partial charge in [-0.1, -0.05) is 30.7 Å². The average Bonchev–Trinajstić information content (AvgIpc) is 3.26. The quantitative estimate of drug-likeness (QED) is 0.494. The van der Waals surface area contributed by atoms with Crippen LogP contribution in [0.1, 0.15) is 42.0 Å². The first-order chi connectivity index (χ1) is 13.0. The van der Waals surface area contributed by atoms with E-state index in [1.807, 2.05) is 6.92 Å². The highest BCUT2D eigenvalue weighted by Gasteiger charge is 2.23. The molecule has 0 saturated heterocycles. The van der Waals surface area contributed by atoms with Gasteiger partial charge in [0.1, 0.15) is 5.82 Å². The van der Waals surface area contributed by atoms with Crippen LogP contribution in [-0.2, 0) is 6.42 Å². The zero-order chi connectivity index (χ0) is 19.4. The predicted molar refractivity (Wildman–Crippen MR) is 93.7 cm³/mol. The third-order valence-electron chi connectivity index (χ3n) is 3.75. The van der Waals surface area contributed by atoms with Gasteiger partial charge in [-0.3, -0.25) is 4.79 Å². The number of nitrogens with zero attached hydrogens (tertiary/aromatic N) is 6. The normalized spacial score (nSPS) is 11.6. The Hall–Kier alpha value is -3.63. The van der Waals surface area contributed by atoms with Gasteiger partial charge in [0.15, 0.2) is 5.69 Å². The molecule has 3 aromatic rings. The van der Waals surface area contributed by atoms with Crippen LogP contribution in [0.3, 0.4) is 0 Å². The van der Waals surface area contributed by atoms with Crippen molar-refractivity contribution in [1.29, 1.82) is 0 Å². The monoisotopic (exact) mass is 372 g/mol. The van der Waals surface area contributed by atoms with Crippen LogP contribution < -0.4 is 11.2 Å².